The molecule has 0 aliphatic carbocycles. The Morgan fingerprint density at radius 2 is 1.90 bits per heavy atom. The van der Waals surface area contributed by atoms with E-state index < -0.39 is 0 Å². The normalized spacial score (nSPS) is 14.7. The minimum absolute atomic E-state index is 0.0191. The highest BCUT2D eigenvalue weighted by Crippen LogP contribution is 2.23. The van der Waals surface area contributed by atoms with Crippen LogP contribution < -0.4 is 16.0 Å². The zero-order chi connectivity index (χ0) is 22.0. The fourth-order valence-electron chi connectivity index (χ4n) is 4.07. The van der Waals surface area contributed by atoms with Gasteiger partial charge in [-0.25, -0.2) is 4.98 Å². The summed E-state index contributed by atoms with van der Waals surface area (Å²) in [5, 5.41) is 3.59. The number of aryl methyl sites for hydroxylation is 1. The molecule has 2 aromatic heterocycles. The van der Waals surface area contributed by atoms with Gasteiger partial charge in [0.05, 0.1) is 5.69 Å². The molecule has 0 spiro atoms. The minimum atomic E-state index is -0.203. The topological polar surface area (TPSA) is 92.7 Å². The summed E-state index contributed by atoms with van der Waals surface area (Å²) in [5.41, 5.74) is 9.50. The van der Waals surface area contributed by atoms with E-state index in [1.54, 1.807) is 22.7 Å². The number of primary amides is 1. The summed E-state index contributed by atoms with van der Waals surface area (Å²) in [5.74, 6) is -0.385. The number of nitrogens with one attached hydrogen (secondary N) is 1. The summed E-state index contributed by atoms with van der Waals surface area (Å²) in [6.07, 6.45) is 4.01. The van der Waals surface area contributed by atoms with Crippen molar-refractivity contribution in [1.82, 2.24) is 14.7 Å². The smallest absolute Gasteiger partial charge is 0.270 e. The third-order valence-corrected chi connectivity index (χ3v) is 6.10. The number of hydrogen-bond donors (Lipinski definition) is 2. The van der Waals surface area contributed by atoms with E-state index in [2.05, 4.69) is 27.3 Å². The summed E-state index contributed by atoms with van der Waals surface area (Å²) in [6, 6.07) is 11.6. The van der Waals surface area contributed by atoms with Crippen LogP contribution in [0.4, 0.5) is 5.69 Å². The molecule has 4 rings (SSSR count). The van der Waals surface area contributed by atoms with Gasteiger partial charge in [-0.2, -0.15) is 0 Å². The fourth-order valence-corrected chi connectivity index (χ4v) is 4.22. The lowest BCUT2D eigenvalue weighted by Crippen LogP contribution is -2.38. The van der Waals surface area contributed by atoms with E-state index in [1.807, 2.05) is 19.1 Å². The van der Waals surface area contributed by atoms with Crippen molar-refractivity contribution in [3.63, 3.8) is 0 Å². The fraction of sp³-hybridized carbons (Fsp3) is 0.348. The average molecular weight is 440 g/mol. The molecule has 1 fully saturated rings. The minimum Gasteiger partial charge on any atom is -0.371 e. The number of carbonyl (C=O) groups is 2. The van der Waals surface area contributed by atoms with E-state index >= 15 is 0 Å². The maximum atomic E-state index is 12.9. The molecule has 0 unspecified atom stereocenters. The molecule has 0 saturated carbocycles. The number of hydrogen-bond acceptors (Lipinski definition) is 4. The third kappa shape index (κ3) is 4.51. The first-order valence-electron chi connectivity index (χ1n) is 10.5. The number of rotatable bonds is 6. The number of fused-ring (bicyclic) bond motifs is 1. The maximum absolute atomic E-state index is 12.9. The number of anilines is 1. The predicted molar refractivity (Wildman–Crippen MR) is 121 cm³/mol. The van der Waals surface area contributed by atoms with E-state index in [0.717, 1.165) is 42.9 Å². The Labute approximate surface area is 186 Å². The van der Waals surface area contributed by atoms with Crippen LogP contribution in [-0.4, -0.2) is 34.3 Å². The first-order chi connectivity index (χ1) is 15.0. The molecule has 162 valence electrons. The summed E-state index contributed by atoms with van der Waals surface area (Å²) in [7, 11) is 0. The monoisotopic (exact) mass is 439 g/mol. The van der Waals surface area contributed by atoms with Crippen LogP contribution in [0.1, 0.15) is 41.5 Å². The van der Waals surface area contributed by atoms with Crippen LogP contribution in [0.5, 0.6) is 0 Å². The molecule has 7 nitrogen and oxygen atoms in total. The molecular formula is C23H26ClN5O2. The van der Waals surface area contributed by atoms with Crippen LogP contribution >= 0.6 is 11.6 Å². The standard InChI is InChI=1S/C23H26ClN5O2/c1-2-19-21(29-12-9-17(24)13-20(29)27-19)23(31)26-14-15-3-5-18(6-4-15)28-10-7-16(8-11-28)22(25)30/h3-6,9,12-13,16H,2,7-8,10-11,14H2,1H3,(H2,25,30)(H,26,31). The molecule has 1 aliphatic rings. The molecule has 0 atom stereocenters. The van der Waals surface area contributed by atoms with E-state index in [1.165, 1.54) is 0 Å². The molecule has 31 heavy (non-hydrogen) atoms. The lowest BCUT2D eigenvalue weighted by atomic mass is 9.96. The van der Waals surface area contributed by atoms with Gasteiger partial charge in [0, 0.05) is 48.5 Å². The van der Waals surface area contributed by atoms with Crippen molar-refractivity contribution in [1.29, 1.82) is 0 Å². The summed E-state index contributed by atoms with van der Waals surface area (Å²) in [4.78, 5) is 31.0. The second-order valence-corrected chi connectivity index (χ2v) is 8.28. The molecule has 3 aromatic rings. The van der Waals surface area contributed by atoms with Crippen LogP contribution in [0.15, 0.2) is 42.6 Å². The van der Waals surface area contributed by atoms with E-state index in [4.69, 9.17) is 17.3 Å². The van der Waals surface area contributed by atoms with E-state index in [9.17, 15) is 9.59 Å². The van der Waals surface area contributed by atoms with Crippen molar-refractivity contribution in [2.45, 2.75) is 32.7 Å². The first-order valence-corrected chi connectivity index (χ1v) is 10.9. The number of nitrogens with zero attached hydrogens (tertiary/aromatic N) is 3. The number of pyridine rings is 1. The molecular weight excluding hydrogens is 414 g/mol. The van der Waals surface area contributed by atoms with Gasteiger partial charge in [-0.3, -0.25) is 14.0 Å². The lowest BCUT2D eigenvalue weighted by molar-refractivity contribution is -0.122. The van der Waals surface area contributed by atoms with Crippen molar-refractivity contribution < 1.29 is 9.59 Å². The van der Waals surface area contributed by atoms with Gasteiger partial charge in [0.2, 0.25) is 5.91 Å². The molecule has 2 amide bonds. The number of halogens is 1. The van der Waals surface area contributed by atoms with Crippen molar-refractivity contribution in [3.05, 3.63) is 64.6 Å². The van der Waals surface area contributed by atoms with Crippen molar-refractivity contribution in [3.8, 4) is 0 Å². The second-order valence-electron chi connectivity index (χ2n) is 7.85. The molecule has 1 aromatic carbocycles. The van der Waals surface area contributed by atoms with Crippen molar-refractivity contribution >= 4 is 34.7 Å². The van der Waals surface area contributed by atoms with Crippen LogP contribution in [-0.2, 0) is 17.8 Å². The Morgan fingerprint density at radius 3 is 2.55 bits per heavy atom. The van der Waals surface area contributed by atoms with Crippen molar-refractivity contribution in [2.75, 3.05) is 18.0 Å². The maximum Gasteiger partial charge on any atom is 0.270 e. The molecule has 8 heteroatoms. The van der Waals surface area contributed by atoms with Crippen molar-refractivity contribution in [2.24, 2.45) is 11.7 Å². The van der Waals surface area contributed by atoms with Gasteiger partial charge in [-0.15, -0.1) is 0 Å². The van der Waals surface area contributed by atoms with Crippen LogP contribution in [0.25, 0.3) is 5.65 Å². The van der Waals surface area contributed by atoms with Crippen LogP contribution in [0.3, 0.4) is 0 Å². The predicted octanol–water partition coefficient (Wildman–Crippen LogP) is 3.18. The molecule has 3 N–H and O–H groups in total. The Hall–Kier alpha value is -3.06. The van der Waals surface area contributed by atoms with E-state index in [-0.39, 0.29) is 17.7 Å². The zero-order valence-electron chi connectivity index (χ0n) is 17.5. The number of aromatic nitrogens is 2. The highest BCUT2D eigenvalue weighted by molar-refractivity contribution is 6.30. The number of carbonyl (C=O) groups excluding carboxylic acids is 2. The van der Waals surface area contributed by atoms with Gasteiger partial charge in [0.1, 0.15) is 11.3 Å². The number of nitrogens with two attached hydrogens (primary N) is 1. The Bertz CT molecular complexity index is 1100. The molecule has 1 saturated heterocycles. The molecule has 0 bridgehead atoms. The van der Waals surface area contributed by atoms with Gasteiger partial charge < -0.3 is 16.0 Å². The lowest BCUT2D eigenvalue weighted by Gasteiger charge is -2.32. The first kappa shape index (κ1) is 21.2. The Balaban J connectivity index is 1.40. The third-order valence-electron chi connectivity index (χ3n) is 5.86. The zero-order valence-corrected chi connectivity index (χ0v) is 18.2. The highest BCUT2D eigenvalue weighted by atomic mass is 35.5. The largest absolute Gasteiger partial charge is 0.371 e. The van der Waals surface area contributed by atoms with Gasteiger partial charge in [0.25, 0.3) is 5.91 Å². The average Bonchev–Trinajstić information content (AvgIpc) is 3.15. The van der Waals surface area contributed by atoms with Gasteiger partial charge in [-0.1, -0.05) is 30.7 Å². The molecule has 3 heterocycles. The van der Waals surface area contributed by atoms with Gasteiger partial charge >= 0.3 is 0 Å². The van der Waals surface area contributed by atoms with Gasteiger partial charge in [0.15, 0.2) is 0 Å². The van der Waals surface area contributed by atoms with Crippen LogP contribution in [0, 0.1) is 5.92 Å². The van der Waals surface area contributed by atoms with Gasteiger partial charge in [-0.05, 0) is 43.0 Å². The quantitative estimate of drug-likeness (QED) is 0.616. The molecule has 0 radical (unpaired) electrons. The van der Waals surface area contributed by atoms with E-state index in [0.29, 0.717) is 29.3 Å². The van der Waals surface area contributed by atoms with Crippen LogP contribution in [0.2, 0.25) is 5.02 Å². The number of benzene rings is 1. The number of imidazole rings is 1. The number of amides is 2. The second kappa shape index (κ2) is 8.98. The molecule has 1 aliphatic heterocycles. The summed E-state index contributed by atoms with van der Waals surface area (Å²) < 4.78 is 1.78. The Kier molecular flexibility index (Phi) is 6.13. The number of piperidine rings is 1. The SMILES string of the molecule is CCc1nc2cc(Cl)ccn2c1C(=O)NCc1ccc(N2CCC(C(N)=O)CC2)cc1. The highest BCUT2D eigenvalue weighted by Gasteiger charge is 2.23. The Morgan fingerprint density at radius 1 is 1.19 bits per heavy atom. The summed E-state index contributed by atoms with van der Waals surface area (Å²) in [6.45, 7) is 4.04. The summed E-state index contributed by atoms with van der Waals surface area (Å²) >= 11 is 6.06.